The van der Waals surface area contributed by atoms with Crippen LogP contribution in [0.1, 0.15) is 64.8 Å². The number of hydrogen-bond acceptors (Lipinski definition) is 4. The quantitative estimate of drug-likeness (QED) is 0.872. The van der Waals surface area contributed by atoms with Crippen molar-refractivity contribution >= 4 is 0 Å². The maximum atomic E-state index is 6.10. The van der Waals surface area contributed by atoms with Crippen molar-refractivity contribution < 1.29 is 4.74 Å². The highest BCUT2D eigenvalue weighted by Gasteiger charge is 2.39. The van der Waals surface area contributed by atoms with Crippen molar-refractivity contribution in [3.8, 4) is 0 Å². The molecule has 0 aromatic carbocycles. The number of nitrogens with one attached hydrogen (secondary N) is 1. The highest BCUT2D eigenvalue weighted by Crippen LogP contribution is 2.40. The van der Waals surface area contributed by atoms with E-state index >= 15 is 0 Å². The minimum absolute atomic E-state index is 0.259. The van der Waals surface area contributed by atoms with E-state index in [1.165, 1.54) is 12.8 Å². The van der Waals surface area contributed by atoms with E-state index in [0.717, 1.165) is 36.7 Å². The Morgan fingerprint density at radius 1 is 1.29 bits per heavy atom. The zero-order valence-corrected chi connectivity index (χ0v) is 13.9. The minimum Gasteiger partial charge on any atom is -0.367 e. The van der Waals surface area contributed by atoms with Gasteiger partial charge < -0.3 is 10.1 Å². The second-order valence-corrected chi connectivity index (χ2v) is 6.56. The number of hydrogen-bond donors (Lipinski definition) is 1. The first-order valence-corrected chi connectivity index (χ1v) is 8.24. The molecular weight excluding hydrogens is 262 g/mol. The molecule has 1 saturated carbocycles. The molecule has 0 amide bonds. The molecule has 21 heavy (non-hydrogen) atoms. The molecule has 1 aromatic heterocycles. The van der Waals surface area contributed by atoms with Gasteiger partial charge >= 0.3 is 0 Å². The monoisotopic (exact) mass is 291 g/mol. The summed E-state index contributed by atoms with van der Waals surface area (Å²) in [5.74, 6) is 1.65. The van der Waals surface area contributed by atoms with Gasteiger partial charge in [0.25, 0.3) is 0 Å². The molecule has 1 heterocycles. The minimum atomic E-state index is -0.259. The van der Waals surface area contributed by atoms with Crippen molar-refractivity contribution in [2.24, 2.45) is 5.92 Å². The van der Waals surface area contributed by atoms with Crippen LogP contribution in [0.3, 0.4) is 0 Å². The van der Waals surface area contributed by atoms with Crippen LogP contribution in [0.5, 0.6) is 0 Å². The fraction of sp³-hybridized carbons (Fsp3) is 0.765. The summed E-state index contributed by atoms with van der Waals surface area (Å²) in [5.41, 5.74) is 0.869. The Labute approximate surface area is 128 Å². The molecule has 0 unspecified atom stereocenters. The average molecular weight is 291 g/mol. The summed E-state index contributed by atoms with van der Waals surface area (Å²) < 4.78 is 6.10. The van der Waals surface area contributed by atoms with Gasteiger partial charge in [-0.1, -0.05) is 20.8 Å². The third kappa shape index (κ3) is 4.24. The fourth-order valence-electron chi connectivity index (χ4n) is 2.94. The molecule has 0 aliphatic heterocycles. The van der Waals surface area contributed by atoms with Crippen molar-refractivity contribution in [1.29, 1.82) is 0 Å². The molecule has 4 nitrogen and oxygen atoms in total. The molecule has 1 fully saturated rings. The van der Waals surface area contributed by atoms with Crippen molar-refractivity contribution in [3.05, 3.63) is 23.8 Å². The standard InChI is InChI=1S/C17H29N3O/c1-5-21-17(8-6-14(4)7-9-17)16-19-11-15(12-20-16)10-18-13(2)3/h11-14,18H,5-10H2,1-4H3. The third-order valence-electron chi connectivity index (χ3n) is 4.33. The van der Waals surface area contributed by atoms with Gasteiger partial charge in [-0.05, 0) is 38.5 Å². The van der Waals surface area contributed by atoms with E-state index in [4.69, 9.17) is 4.74 Å². The van der Waals surface area contributed by atoms with Crippen molar-refractivity contribution in [1.82, 2.24) is 15.3 Å². The third-order valence-corrected chi connectivity index (χ3v) is 4.33. The summed E-state index contributed by atoms with van der Waals surface area (Å²) in [4.78, 5) is 9.24. The van der Waals surface area contributed by atoms with Gasteiger partial charge in [0.05, 0.1) is 0 Å². The fourth-order valence-corrected chi connectivity index (χ4v) is 2.94. The smallest absolute Gasteiger partial charge is 0.160 e. The molecule has 1 aliphatic rings. The van der Waals surface area contributed by atoms with Gasteiger partial charge in [0.15, 0.2) is 5.82 Å². The van der Waals surface area contributed by atoms with Gasteiger partial charge in [0.2, 0.25) is 0 Å². The summed E-state index contributed by atoms with van der Waals surface area (Å²) in [6.45, 7) is 10.2. The molecule has 0 saturated heterocycles. The Bertz CT molecular complexity index is 422. The zero-order valence-electron chi connectivity index (χ0n) is 13.9. The van der Waals surface area contributed by atoms with E-state index in [9.17, 15) is 0 Å². The Hall–Kier alpha value is -1.00. The average Bonchev–Trinajstić information content (AvgIpc) is 2.48. The molecule has 1 aliphatic carbocycles. The van der Waals surface area contributed by atoms with Crippen LogP contribution in [0.4, 0.5) is 0 Å². The Balaban J connectivity index is 2.10. The molecule has 4 heteroatoms. The van der Waals surface area contributed by atoms with E-state index in [1.54, 1.807) is 0 Å². The lowest BCUT2D eigenvalue weighted by Crippen LogP contribution is -2.36. The van der Waals surface area contributed by atoms with E-state index in [2.05, 4.69) is 43.0 Å². The Kier molecular flexibility index (Phi) is 5.71. The van der Waals surface area contributed by atoms with Crippen LogP contribution in [0.15, 0.2) is 12.4 Å². The predicted molar refractivity (Wildman–Crippen MR) is 84.9 cm³/mol. The topological polar surface area (TPSA) is 47.0 Å². The Morgan fingerprint density at radius 3 is 2.43 bits per heavy atom. The van der Waals surface area contributed by atoms with Crippen LogP contribution < -0.4 is 5.32 Å². The summed E-state index contributed by atoms with van der Waals surface area (Å²) >= 11 is 0. The van der Waals surface area contributed by atoms with Crippen LogP contribution >= 0.6 is 0 Å². The van der Waals surface area contributed by atoms with E-state index in [0.29, 0.717) is 12.6 Å². The molecule has 0 atom stereocenters. The molecule has 0 spiro atoms. The van der Waals surface area contributed by atoms with Gasteiger partial charge in [-0.15, -0.1) is 0 Å². The SMILES string of the molecule is CCOC1(c2ncc(CNC(C)C)cn2)CCC(C)CC1. The summed E-state index contributed by atoms with van der Waals surface area (Å²) in [7, 11) is 0. The summed E-state index contributed by atoms with van der Waals surface area (Å²) in [5, 5.41) is 3.39. The highest BCUT2D eigenvalue weighted by molar-refractivity contribution is 5.11. The van der Waals surface area contributed by atoms with Crippen molar-refractivity contribution in [2.45, 2.75) is 71.6 Å². The molecule has 0 radical (unpaired) electrons. The van der Waals surface area contributed by atoms with Crippen molar-refractivity contribution in [3.63, 3.8) is 0 Å². The van der Waals surface area contributed by atoms with Crippen LogP contribution in [0.25, 0.3) is 0 Å². The first-order valence-electron chi connectivity index (χ1n) is 8.24. The number of nitrogens with zero attached hydrogens (tertiary/aromatic N) is 2. The lowest BCUT2D eigenvalue weighted by molar-refractivity contribution is -0.0837. The number of rotatable bonds is 6. The molecule has 0 bridgehead atoms. The number of aromatic nitrogens is 2. The lowest BCUT2D eigenvalue weighted by Gasteiger charge is -2.37. The van der Waals surface area contributed by atoms with Crippen LogP contribution in [-0.2, 0) is 16.9 Å². The first-order chi connectivity index (χ1) is 10.1. The second-order valence-electron chi connectivity index (χ2n) is 6.56. The van der Waals surface area contributed by atoms with Gasteiger partial charge in [0.1, 0.15) is 5.60 Å². The van der Waals surface area contributed by atoms with Gasteiger partial charge in [-0.3, -0.25) is 0 Å². The normalized spacial score (nSPS) is 26.2. The van der Waals surface area contributed by atoms with Crippen LogP contribution in [0, 0.1) is 5.92 Å². The van der Waals surface area contributed by atoms with Crippen molar-refractivity contribution in [2.75, 3.05) is 6.61 Å². The number of ether oxygens (including phenoxy) is 1. The maximum Gasteiger partial charge on any atom is 0.160 e. The van der Waals surface area contributed by atoms with Gasteiger partial charge in [-0.2, -0.15) is 0 Å². The molecule has 118 valence electrons. The van der Waals surface area contributed by atoms with E-state index in [-0.39, 0.29) is 5.60 Å². The van der Waals surface area contributed by atoms with E-state index in [1.807, 2.05) is 12.4 Å². The van der Waals surface area contributed by atoms with E-state index < -0.39 is 0 Å². The van der Waals surface area contributed by atoms with Crippen LogP contribution in [0.2, 0.25) is 0 Å². The molecule has 1 N–H and O–H groups in total. The largest absolute Gasteiger partial charge is 0.367 e. The zero-order chi connectivity index (χ0) is 15.3. The van der Waals surface area contributed by atoms with Gasteiger partial charge in [0, 0.05) is 37.2 Å². The highest BCUT2D eigenvalue weighted by atomic mass is 16.5. The second kappa shape index (κ2) is 7.32. The molecule has 1 aromatic rings. The predicted octanol–water partition coefficient (Wildman–Crippen LogP) is 3.42. The van der Waals surface area contributed by atoms with Gasteiger partial charge in [-0.25, -0.2) is 9.97 Å². The summed E-state index contributed by atoms with van der Waals surface area (Å²) in [6.07, 6.45) is 8.34. The maximum absolute atomic E-state index is 6.10. The van der Waals surface area contributed by atoms with Crippen LogP contribution in [-0.4, -0.2) is 22.6 Å². The first kappa shape index (κ1) is 16.4. The molecule has 2 rings (SSSR count). The molecular formula is C17H29N3O. The summed E-state index contributed by atoms with van der Waals surface area (Å²) in [6, 6.07) is 0.472. The Morgan fingerprint density at radius 2 is 1.90 bits per heavy atom. The lowest BCUT2D eigenvalue weighted by atomic mass is 9.79.